The van der Waals surface area contributed by atoms with Crippen LogP contribution in [0.5, 0.6) is 0 Å². The average molecular weight is 1330 g/mol. The molecule has 4 aromatic carbocycles. The molecule has 0 atom stereocenters. The van der Waals surface area contributed by atoms with Crippen LogP contribution in [0.1, 0.15) is 193 Å². The smallest absolute Gasteiger partial charge is 0.225 e. The lowest BCUT2D eigenvalue weighted by Gasteiger charge is -2.36. The maximum Gasteiger partial charge on any atom is 0.225 e. The van der Waals surface area contributed by atoms with E-state index in [4.69, 9.17) is 36.8 Å². The van der Waals surface area contributed by atoms with Crippen molar-refractivity contribution in [3.63, 3.8) is 0 Å². The molecule has 0 bridgehead atoms. The molecule has 0 spiro atoms. The molecule has 0 heterocycles. The topological polar surface area (TPSA) is 143 Å². The largest absolute Gasteiger partial charge is 0.351 e. The summed E-state index contributed by atoms with van der Waals surface area (Å²) < 4.78 is 2.25. The van der Waals surface area contributed by atoms with Crippen LogP contribution < -0.4 is 5.32 Å². The second kappa shape index (κ2) is 40.6. The molecule has 0 aliphatic rings. The highest BCUT2D eigenvalue weighted by atomic mass is 79.9. The Labute approximate surface area is 552 Å². The van der Waals surface area contributed by atoms with Crippen LogP contribution >= 0.6 is 31.9 Å². The molecule has 0 saturated carbocycles. The Balaban J connectivity index is 0. The third-order valence-electron chi connectivity index (χ3n) is 13.4. The van der Waals surface area contributed by atoms with E-state index in [0.717, 1.165) is 59.3 Å². The molecule has 88 heavy (non-hydrogen) atoms. The summed E-state index contributed by atoms with van der Waals surface area (Å²) in [6, 6.07) is 33.6. The van der Waals surface area contributed by atoms with Crippen LogP contribution in [0.2, 0.25) is 0 Å². The first-order chi connectivity index (χ1) is 40.4. The molecule has 0 saturated heterocycles. The van der Waals surface area contributed by atoms with E-state index in [-0.39, 0.29) is 52.4 Å². The molecule has 0 aromatic heterocycles. The van der Waals surface area contributed by atoms with E-state index in [2.05, 4.69) is 270 Å². The van der Waals surface area contributed by atoms with Crippen molar-refractivity contribution < 1.29 is 4.79 Å². The van der Waals surface area contributed by atoms with Gasteiger partial charge in [0, 0.05) is 94.7 Å². The quantitative estimate of drug-likeness (QED) is 0.0512. The summed E-state index contributed by atoms with van der Waals surface area (Å²) in [4.78, 5) is 27.9. The van der Waals surface area contributed by atoms with E-state index >= 15 is 0 Å². The molecule has 1 amide bonds. The van der Waals surface area contributed by atoms with Crippen LogP contribution in [0.4, 0.5) is 0 Å². The van der Waals surface area contributed by atoms with Gasteiger partial charge < -0.3 is 5.32 Å². The van der Waals surface area contributed by atoms with Crippen molar-refractivity contribution in [2.45, 2.75) is 219 Å². The Kier molecular flexibility index (Phi) is 38.7. The Morgan fingerprint density at radius 3 is 0.875 bits per heavy atom. The average Bonchev–Trinajstić information content (AvgIpc) is 2.90. The Morgan fingerprint density at radius 2 is 0.705 bits per heavy atom. The van der Waals surface area contributed by atoms with Crippen LogP contribution in [0.25, 0.3) is 20.9 Å². The minimum absolute atomic E-state index is 0.0651. The van der Waals surface area contributed by atoms with Gasteiger partial charge in [-0.15, -0.1) is 25.7 Å². The van der Waals surface area contributed by atoms with E-state index in [1.54, 1.807) is 4.90 Å². The number of carbonyl (C=O) groups is 1. The first-order valence-corrected chi connectivity index (χ1v) is 31.6. The predicted molar refractivity (Wildman–Crippen MR) is 384 cm³/mol. The van der Waals surface area contributed by atoms with Crippen molar-refractivity contribution in [2.24, 2.45) is 15.6 Å². The number of terminal acetylenes is 4. The van der Waals surface area contributed by atoms with Crippen LogP contribution in [0.3, 0.4) is 0 Å². The fourth-order valence-electron chi connectivity index (χ4n) is 7.66. The van der Waals surface area contributed by atoms with Gasteiger partial charge in [0.05, 0.1) is 26.4 Å². The Bertz CT molecular complexity index is 2740. The van der Waals surface area contributed by atoms with Gasteiger partial charge in [-0.3, -0.25) is 29.3 Å². The van der Waals surface area contributed by atoms with Gasteiger partial charge in [0.1, 0.15) is 0 Å². The van der Waals surface area contributed by atoms with Crippen LogP contribution in [-0.4, -0.2) is 103 Å². The second-order valence-corrected chi connectivity index (χ2v) is 30.0. The first-order valence-electron chi connectivity index (χ1n) is 30.0. The molecule has 0 fully saturated rings. The third kappa shape index (κ3) is 39.1. The zero-order chi connectivity index (χ0) is 68.3. The number of amides is 1. The molecule has 13 nitrogen and oxygen atoms in total. The maximum absolute atomic E-state index is 11.4. The van der Waals surface area contributed by atoms with Gasteiger partial charge in [-0.05, 0) is 220 Å². The van der Waals surface area contributed by atoms with E-state index in [1.807, 2.05) is 86.6 Å². The third-order valence-corrected chi connectivity index (χ3v) is 14.5. The van der Waals surface area contributed by atoms with Crippen LogP contribution in [0, 0.1) is 54.8 Å². The second-order valence-electron chi connectivity index (χ2n) is 28.2. The number of azide groups is 2. The number of benzene rings is 4. The Morgan fingerprint density at radius 1 is 0.443 bits per heavy atom. The lowest BCUT2D eigenvalue weighted by Crippen LogP contribution is -2.46. The molecule has 482 valence electrons. The summed E-state index contributed by atoms with van der Waals surface area (Å²) in [5.74, 6) is 10.6. The number of carbonyl (C=O) groups excluding carboxylic acids is 1. The molecule has 4 aromatic rings. The minimum atomic E-state index is -0.284. The monoisotopic (exact) mass is 1330 g/mol. The summed E-state index contributed by atoms with van der Waals surface area (Å²) in [7, 11) is 0. The van der Waals surface area contributed by atoms with Crippen molar-refractivity contribution in [1.29, 1.82) is 0 Å². The summed E-state index contributed by atoms with van der Waals surface area (Å²) in [6.07, 6.45) is 21.2. The van der Waals surface area contributed by atoms with E-state index < -0.39 is 0 Å². The molecule has 0 unspecified atom stereocenters. The molecular weight excluding hydrogens is 1220 g/mol. The lowest BCUT2D eigenvalue weighted by molar-refractivity contribution is -0.130. The highest BCUT2D eigenvalue weighted by Gasteiger charge is 2.26. The number of rotatable bonds is 16. The molecular formula is C73H110Br2N12O. The van der Waals surface area contributed by atoms with E-state index in [9.17, 15) is 4.79 Å². The van der Waals surface area contributed by atoms with Gasteiger partial charge in [0.2, 0.25) is 5.91 Å². The van der Waals surface area contributed by atoms with Crippen LogP contribution in [-0.2, 0) is 31.0 Å². The SMILES string of the molecule is C#CCN(CC#C)C(C)(C)C.C#Cc1ccc(CN(Cc2ccc(C#C)cc2)C(C)(C)C)cc1.CC(C)(C)N(CN=[N+]=[N-])CN=[N+]=[N-].CC(C)(C)N(Cc1ccc(Br)cc1)Cc1ccc(Br)cc1.CC(C)(C)NC(=O)C(C)(C)C.CCN(CC)C(C)(C)C. The summed E-state index contributed by atoms with van der Waals surface area (Å²) in [6.45, 7) is 56.1. The fraction of sp³-hybridized carbons (Fsp3) is 0.548. The standard InChI is InChI=1S/C22H23N.C18H21Br2N.C10H15N.C9H19NO.C8H19N.C6H13N7/c1-6-18-8-12-20(13-9-18)16-23(22(3,4)5)17-21-14-10-19(7-2)11-15-21;1-18(2,3)21(12-14-4-8-16(19)9-5-14)13-15-6-10-17(20)11-7-15;1-6-8-11(9-7-2)10(3,4)5;1-8(2,3)7(11)10-9(4,5)6;1-6-9(7-2)8(3,4)5;1-6(2,3)13(4-9-11-7)5-10-12-8/h1-2,8-15H,16-17H2,3-5H3;4-11H,12-13H2,1-3H3;1-2H,8-9H2,3-5H3;1-6H3,(H,10,11);6-7H2,1-5H3;4-5H2,1-3H3. The van der Waals surface area contributed by atoms with E-state index in [0.29, 0.717) is 18.6 Å². The van der Waals surface area contributed by atoms with Gasteiger partial charge in [-0.2, -0.15) is 0 Å². The summed E-state index contributed by atoms with van der Waals surface area (Å²) in [5.41, 5.74) is 23.3. The number of hydrogen-bond acceptors (Lipinski definition) is 8. The lowest BCUT2D eigenvalue weighted by atomic mass is 9.94. The number of hydrogen-bond donors (Lipinski definition) is 1. The van der Waals surface area contributed by atoms with Crippen molar-refractivity contribution >= 4 is 37.8 Å². The number of nitrogens with zero attached hydrogens (tertiary/aromatic N) is 11. The first kappa shape index (κ1) is 84.0. The zero-order valence-corrected chi connectivity index (χ0v) is 61.4. The molecule has 0 aliphatic carbocycles. The van der Waals surface area contributed by atoms with Crippen molar-refractivity contribution in [3.05, 3.63) is 160 Å². The van der Waals surface area contributed by atoms with Gasteiger partial charge in [-0.1, -0.05) is 149 Å². The van der Waals surface area contributed by atoms with Crippen molar-refractivity contribution in [1.82, 2.24) is 29.8 Å². The van der Waals surface area contributed by atoms with Gasteiger partial charge in [0.25, 0.3) is 0 Å². The number of halogens is 2. The van der Waals surface area contributed by atoms with E-state index in [1.165, 1.54) is 22.3 Å². The van der Waals surface area contributed by atoms with Gasteiger partial charge >= 0.3 is 0 Å². The number of nitrogens with one attached hydrogen (secondary N) is 1. The molecule has 0 radical (unpaired) electrons. The maximum atomic E-state index is 11.4. The highest BCUT2D eigenvalue weighted by molar-refractivity contribution is 9.10. The zero-order valence-electron chi connectivity index (χ0n) is 58.2. The molecule has 1 N–H and O–H groups in total. The minimum Gasteiger partial charge on any atom is -0.351 e. The highest BCUT2D eigenvalue weighted by Crippen LogP contribution is 2.25. The summed E-state index contributed by atoms with van der Waals surface area (Å²) >= 11 is 6.99. The predicted octanol–water partition coefficient (Wildman–Crippen LogP) is 18.5. The molecule has 15 heteroatoms. The van der Waals surface area contributed by atoms with Gasteiger partial charge in [-0.25, -0.2) is 0 Å². The van der Waals surface area contributed by atoms with Crippen molar-refractivity contribution in [2.75, 3.05) is 39.5 Å². The Hall–Kier alpha value is -6.03. The fourth-order valence-corrected chi connectivity index (χ4v) is 8.19. The molecule has 4 rings (SSSR count). The van der Waals surface area contributed by atoms with Crippen molar-refractivity contribution in [3.8, 4) is 49.4 Å². The molecule has 0 aliphatic heterocycles. The van der Waals surface area contributed by atoms with Crippen LogP contribution in [0.15, 0.2) is 116 Å². The normalized spacial score (nSPS) is 11.5. The summed E-state index contributed by atoms with van der Waals surface area (Å²) in [5, 5.41) is 9.75. The van der Waals surface area contributed by atoms with Gasteiger partial charge in [0.15, 0.2) is 0 Å².